The summed E-state index contributed by atoms with van der Waals surface area (Å²) in [6.07, 6.45) is 6.18. The van der Waals surface area contributed by atoms with Crippen LogP contribution in [0.3, 0.4) is 0 Å². The molecule has 2 heteroatoms. The summed E-state index contributed by atoms with van der Waals surface area (Å²) in [4.78, 5) is 0. The lowest BCUT2D eigenvalue weighted by Gasteiger charge is -2.05. The fraction of sp³-hybridized carbons (Fsp3) is 0.0909. The van der Waals surface area contributed by atoms with Crippen molar-refractivity contribution < 1.29 is 5.11 Å². The van der Waals surface area contributed by atoms with E-state index in [0.717, 1.165) is 0 Å². The van der Waals surface area contributed by atoms with E-state index >= 15 is 0 Å². The molecular weight excluding hydrogens is 162 g/mol. The first-order valence-electron chi connectivity index (χ1n) is 4.32. The number of aromatic hydroxyl groups is 1. The number of rotatable bonds is 0. The molecule has 0 bridgehead atoms. The van der Waals surface area contributed by atoms with Gasteiger partial charge in [-0.3, -0.25) is 0 Å². The van der Waals surface area contributed by atoms with E-state index in [0.29, 0.717) is 11.7 Å². The minimum Gasteiger partial charge on any atom is -0.508 e. The van der Waals surface area contributed by atoms with Gasteiger partial charge in [-0.15, -0.1) is 0 Å². The van der Waals surface area contributed by atoms with Crippen LogP contribution in [0.2, 0.25) is 0 Å². The van der Waals surface area contributed by atoms with Crippen LogP contribution < -0.4 is 5.32 Å². The lowest BCUT2D eigenvalue weighted by molar-refractivity contribution is 0.474. The lowest BCUT2D eigenvalue weighted by Crippen LogP contribution is -1.99. The number of fused-ring (bicyclic) bond motifs is 3. The van der Waals surface area contributed by atoms with Crippen LogP contribution in [0, 0.1) is 0 Å². The van der Waals surface area contributed by atoms with Crippen LogP contribution in [-0.4, -0.2) is 5.11 Å². The van der Waals surface area contributed by atoms with Gasteiger partial charge in [0.2, 0.25) is 0 Å². The molecule has 3 rings (SSSR count). The van der Waals surface area contributed by atoms with E-state index in [1.165, 1.54) is 16.8 Å². The van der Waals surface area contributed by atoms with Crippen molar-refractivity contribution >= 4 is 6.08 Å². The van der Waals surface area contributed by atoms with Crippen molar-refractivity contribution in [1.29, 1.82) is 0 Å². The molecule has 2 N–H and O–H groups in total. The zero-order valence-electron chi connectivity index (χ0n) is 6.99. The van der Waals surface area contributed by atoms with Crippen LogP contribution in [-0.2, 0) is 0 Å². The Morgan fingerprint density at radius 3 is 3.15 bits per heavy atom. The van der Waals surface area contributed by atoms with Crippen molar-refractivity contribution in [2.75, 3.05) is 0 Å². The minimum absolute atomic E-state index is 0.335. The van der Waals surface area contributed by atoms with Crippen LogP contribution in [0.15, 0.2) is 36.2 Å². The molecule has 0 aromatic heterocycles. The Hall–Kier alpha value is -1.70. The van der Waals surface area contributed by atoms with Gasteiger partial charge in [-0.25, -0.2) is 0 Å². The molecule has 1 aliphatic heterocycles. The Balaban J connectivity index is 2.21. The van der Waals surface area contributed by atoms with E-state index in [2.05, 4.69) is 17.5 Å². The zero-order valence-corrected chi connectivity index (χ0v) is 6.99. The summed E-state index contributed by atoms with van der Waals surface area (Å²) in [6.45, 7) is 0. The van der Waals surface area contributed by atoms with Crippen LogP contribution in [0.1, 0.15) is 17.0 Å². The van der Waals surface area contributed by atoms with Crippen LogP contribution in [0.5, 0.6) is 5.75 Å². The number of phenolic OH excluding ortho intramolecular Hbond substituents is 1. The fourth-order valence-electron chi connectivity index (χ4n) is 1.97. The standard InChI is InChI=1S/C11H9NO/c13-8-2-1-7-5-11-9(3-4-12-11)10(7)6-8/h1-6,9,12-13H. The normalized spacial score (nSPS) is 22.2. The molecule has 0 amide bonds. The topological polar surface area (TPSA) is 32.3 Å². The first-order chi connectivity index (χ1) is 6.34. The summed E-state index contributed by atoms with van der Waals surface area (Å²) in [5.74, 6) is 0.677. The molecule has 1 aromatic rings. The number of benzene rings is 1. The highest BCUT2D eigenvalue weighted by Crippen LogP contribution is 2.39. The molecule has 1 unspecified atom stereocenters. The van der Waals surface area contributed by atoms with Crippen molar-refractivity contribution in [3.8, 4) is 5.75 Å². The minimum atomic E-state index is 0.335. The Bertz CT molecular complexity index is 432. The first-order valence-corrected chi connectivity index (χ1v) is 4.32. The quantitative estimate of drug-likeness (QED) is 0.625. The molecular formula is C11H9NO. The van der Waals surface area contributed by atoms with Gasteiger partial charge in [-0.05, 0) is 35.5 Å². The van der Waals surface area contributed by atoms with Crippen LogP contribution >= 0.6 is 0 Å². The van der Waals surface area contributed by atoms with Gasteiger partial charge >= 0.3 is 0 Å². The fourth-order valence-corrected chi connectivity index (χ4v) is 1.97. The molecule has 1 aromatic carbocycles. The SMILES string of the molecule is Oc1ccc2c(c1)C1C=CNC1=C2. The summed E-state index contributed by atoms with van der Waals surface area (Å²) in [6, 6.07) is 5.51. The average molecular weight is 171 g/mol. The highest BCUT2D eigenvalue weighted by atomic mass is 16.3. The third-order valence-electron chi connectivity index (χ3n) is 2.59. The van der Waals surface area contributed by atoms with Crippen molar-refractivity contribution in [1.82, 2.24) is 5.32 Å². The molecule has 1 heterocycles. The second-order valence-corrected chi connectivity index (χ2v) is 3.39. The monoisotopic (exact) mass is 171 g/mol. The van der Waals surface area contributed by atoms with E-state index < -0.39 is 0 Å². The maximum Gasteiger partial charge on any atom is 0.115 e. The number of nitrogens with one attached hydrogen (secondary N) is 1. The molecule has 2 nitrogen and oxygen atoms in total. The molecule has 0 saturated heterocycles. The van der Waals surface area contributed by atoms with Crippen LogP contribution in [0.25, 0.3) is 6.08 Å². The van der Waals surface area contributed by atoms with Gasteiger partial charge in [0.1, 0.15) is 5.75 Å². The first kappa shape index (κ1) is 6.78. The van der Waals surface area contributed by atoms with Crippen molar-refractivity contribution in [3.05, 3.63) is 47.3 Å². The smallest absolute Gasteiger partial charge is 0.115 e. The summed E-state index contributed by atoms with van der Waals surface area (Å²) in [5.41, 5.74) is 3.60. The maximum absolute atomic E-state index is 9.35. The van der Waals surface area contributed by atoms with Crippen LogP contribution in [0.4, 0.5) is 0 Å². The highest BCUT2D eigenvalue weighted by molar-refractivity contribution is 5.69. The molecule has 0 spiro atoms. The van der Waals surface area contributed by atoms with Crippen molar-refractivity contribution in [2.24, 2.45) is 0 Å². The Morgan fingerprint density at radius 2 is 2.23 bits per heavy atom. The second kappa shape index (κ2) is 2.16. The Morgan fingerprint density at radius 1 is 1.31 bits per heavy atom. The molecule has 64 valence electrons. The number of allylic oxidation sites excluding steroid dienone is 1. The van der Waals surface area contributed by atoms with E-state index in [4.69, 9.17) is 0 Å². The van der Waals surface area contributed by atoms with Gasteiger partial charge < -0.3 is 10.4 Å². The highest BCUT2D eigenvalue weighted by Gasteiger charge is 2.25. The summed E-state index contributed by atoms with van der Waals surface area (Å²) >= 11 is 0. The third kappa shape index (κ3) is 0.827. The van der Waals surface area contributed by atoms with E-state index in [1.807, 2.05) is 18.3 Å². The molecule has 13 heavy (non-hydrogen) atoms. The van der Waals surface area contributed by atoms with Gasteiger partial charge in [0.25, 0.3) is 0 Å². The predicted molar refractivity (Wildman–Crippen MR) is 51.1 cm³/mol. The lowest BCUT2D eigenvalue weighted by atomic mass is 10.0. The van der Waals surface area contributed by atoms with Gasteiger partial charge in [0, 0.05) is 11.6 Å². The molecule has 2 aliphatic rings. The summed E-state index contributed by atoms with van der Waals surface area (Å²) < 4.78 is 0. The molecule has 1 aliphatic carbocycles. The number of hydrogen-bond donors (Lipinski definition) is 2. The molecule has 1 atom stereocenters. The maximum atomic E-state index is 9.35. The summed E-state index contributed by atoms with van der Waals surface area (Å²) in [7, 11) is 0. The Labute approximate surface area is 76.2 Å². The number of hydrogen-bond acceptors (Lipinski definition) is 2. The van der Waals surface area contributed by atoms with E-state index in [-0.39, 0.29) is 0 Å². The second-order valence-electron chi connectivity index (χ2n) is 3.39. The van der Waals surface area contributed by atoms with Gasteiger partial charge in [-0.1, -0.05) is 12.1 Å². The largest absolute Gasteiger partial charge is 0.508 e. The zero-order chi connectivity index (χ0) is 8.84. The molecule has 0 saturated carbocycles. The predicted octanol–water partition coefficient (Wildman–Crippen LogP) is 1.95. The van der Waals surface area contributed by atoms with Gasteiger partial charge in [-0.2, -0.15) is 0 Å². The van der Waals surface area contributed by atoms with E-state index in [1.54, 1.807) is 6.07 Å². The Kier molecular flexibility index (Phi) is 1.13. The van der Waals surface area contributed by atoms with Gasteiger partial charge in [0.05, 0.1) is 0 Å². The van der Waals surface area contributed by atoms with E-state index in [9.17, 15) is 5.11 Å². The van der Waals surface area contributed by atoms with Gasteiger partial charge in [0.15, 0.2) is 0 Å². The molecule has 0 fully saturated rings. The van der Waals surface area contributed by atoms with Crippen molar-refractivity contribution in [3.63, 3.8) is 0 Å². The summed E-state index contributed by atoms with van der Waals surface area (Å²) in [5, 5.41) is 12.5. The number of phenols is 1. The molecule has 0 radical (unpaired) electrons. The van der Waals surface area contributed by atoms with Crippen molar-refractivity contribution in [2.45, 2.75) is 5.92 Å². The third-order valence-corrected chi connectivity index (χ3v) is 2.59. The average Bonchev–Trinajstić information content (AvgIpc) is 2.64.